The molecule has 0 bridgehead atoms. The zero-order chi connectivity index (χ0) is 21.0. The lowest BCUT2D eigenvalue weighted by Crippen LogP contribution is -2.53. The molecule has 0 aromatic heterocycles. The van der Waals surface area contributed by atoms with E-state index in [1.165, 1.54) is 0 Å². The van der Waals surface area contributed by atoms with Crippen molar-refractivity contribution in [2.75, 3.05) is 6.61 Å². The maximum Gasteiger partial charge on any atom is 0.335 e. The number of hydrogen-bond acceptors (Lipinski definition) is 7. The number of rotatable bonds is 6. The summed E-state index contributed by atoms with van der Waals surface area (Å²) >= 11 is 0. The van der Waals surface area contributed by atoms with Crippen LogP contribution in [-0.2, 0) is 28.6 Å². The summed E-state index contributed by atoms with van der Waals surface area (Å²) in [5.41, 5.74) is -5.07. The van der Waals surface area contributed by atoms with E-state index in [9.17, 15) is 19.5 Å². The van der Waals surface area contributed by atoms with Crippen LogP contribution in [0, 0.1) is 5.41 Å². The molecular formula is C19H34O7. The summed E-state index contributed by atoms with van der Waals surface area (Å²) in [5, 5.41) is 9.22. The Bertz CT molecular complexity index is 446. The Morgan fingerprint density at radius 3 is 1.12 bits per heavy atom. The zero-order valence-electron chi connectivity index (χ0n) is 17.5. The van der Waals surface area contributed by atoms with Crippen molar-refractivity contribution in [2.24, 2.45) is 5.41 Å². The molecule has 7 nitrogen and oxygen atoms in total. The lowest BCUT2D eigenvalue weighted by atomic mass is 9.82. The molecule has 0 amide bonds. The highest BCUT2D eigenvalue weighted by molar-refractivity contribution is 6.18. The molecule has 0 aliphatic heterocycles. The van der Waals surface area contributed by atoms with Gasteiger partial charge in [-0.15, -0.1) is 0 Å². The molecule has 0 rings (SSSR count). The van der Waals surface area contributed by atoms with Gasteiger partial charge in [-0.05, 0) is 75.2 Å². The van der Waals surface area contributed by atoms with Crippen molar-refractivity contribution in [3.05, 3.63) is 0 Å². The molecule has 152 valence electrons. The Labute approximate surface area is 156 Å². The number of hydrogen-bond donors (Lipinski definition) is 1. The van der Waals surface area contributed by atoms with Gasteiger partial charge >= 0.3 is 17.9 Å². The minimum absolute atomic E-state index is 0.0255. The van der Waals surface area contributed by atoms with Gasteiger partial charge in [-0.2, -0.15) is 0 Å². The Balaban J connectivity index is 6.21. The molecule has 0 aromatic carbocycles. The highest BCUT2D eigenvalue weighted by Gasteiger charge is 2.59. The third-order valence-electron chi connectivity index (χ3n) is 2.95. The molecule has 0 saturated heterocycles. The van der Waals surface area contributed by atoms with Crippen LogP contribution in [0.2, 0.25) is 0 Å². The monoisotopic (exact) mass is 374 g/mol. The molecule has 0 aliphatic carbocycles. The van der Waals surface area contributed by atoms with Crippen molar-refractivity contribution >= 4 is 17.9 Å². The van der Waals surface area contributed by atoms with E-state index in [4.69, 9.17) is 14.2 Å². The van der Waals surface area contributed by atoms with E-state index < -0.39 is 40.1 Å². The average Bonchev–Trinajstić information content (AvgIpc) is 2.32. The molecule has 0 radical (unpaired) electrons. The Kier molecular flexibility index (Phi) is 7.85. The largest absolute Gasteiger partial charge is 0.459 e. The van der Waals surface area contributed by atoms with Crippen LogP contribution in [-0.4, -0.2) is 46.4 Å². The predicted molar refractivity (Wildman–Crippen MR) is 96.3 cm³/mol. The van der Waals surface area contributed by atoms with Crippen LogP contribution in [0.5, 0.6) is 0 Å². The predicted octanol–water partition coefficient (Wildman–Crippen LogP) is 2.77. The Hall–Kier alpha value is -1.63. The van der Waals surface area contributed by atoms with Gasteiger partial charge < -0.3 is 19.3 Å². The van der Waals surface area contributed by atoms with Crippen LogP contribution in [0.25, 0.3) is 0 Å². The normalized spacial score (nSPS) is 13.2. The third-order valence-corrected chi connectivity index (χ3v) is 2.95. The molecule has 0 aromatic rings. The number of carbonyl (C=O) groups is 3. The summed E-state index contributed by atoms with van der Waals surface area (Å²) in [4.78, 5) is 38.8. The second kappa shape index (κ2) is 8.37. The van der Waals surface area contributed by atoms with Crippen LogP contribution in [0.15, 0.2) is 0 Å². The van der Waals surface area contributed by atoms with E-state index in [1.54, 1.807) is 62.3 Å². The maximum absolute atomic E-state index is 12.9. The lowest BCUT2D eigenvalue weighted by molar-refractivity contribution is -0.198. The molecule has 0 unspecified atom stereocenters. The summed E-state index contributed by atoms with van der Waals surface area (Å²) in [7, 11) is 0. The van der Waals surface area contributed by atoms with E-state index >= 15 is 0 Å². The fraction of sp³-hybridized carbons (Fsp3) is 0.842. The third kappa shape index (κ3) is 7.72. The van der Waals surface area contributed by atoms with E-state index in [0.717, 1.165) is 0 Å². The van der Waals surface area contributed by atoms with Crippen LogP contribution in [0.1, 0.15) is 75.2 Å². The summed E-state index contributed by atoms with van der Waals surface area (Å²) in [6, 6.07) is 0. The van der Waals surface area contributed by atoms with Gasteiger partial charge in [0.05, 0.1) is 0 Å². The Morgan fingerprint density at radius 1 is 0.654 bits per heavy atom. The number of ether oxygens (including phenoxy) is 3. The van der Waals surface area contributed by atoms with E-state index in [-0.39, 0.29) is 19.4 Å². The number of esters is 3. The lowest BCUT2D eigenvalue weighted by Gasteiger charge is -2.34. The smallest absolute Gasteiger partial charge is 0.335 e. The first-order valence-corrected chi connectivity index (χ1v) is 8.76. The van der Waals surface area contributed by atoms with E-state index in [0.29, 0.717) is 0 Å². The number of aliphatic hydroxyl groups excluding tert-OH is 1. The molecule has 0 spiro atoms. The van der Waals surface area contributed by atoms with Crippen molar-refractivity contribution < 1.29 is 33.7 Å². The number of carbonyl (C=O) groups excluding carboxylic acids is 3. The molecule has 1 N–H and O–H groups in total. The van der Waals surface area contributed by atoms with Gasteiger partial charge in [0, 0.05) is 6.61 Å². The summed E-state index contributed by atoms with van der Waals surface area (Å²) in [6.45, 7) is 14.4. The molecule has 0 saturated carbocycles. The second-order valence-electron chi connectivity index (χ2n) is 9.24. The number of aliphatic hydroxyl groups is 1. The van der Waals surface area contributed by atoms with Crippen LogP contribution < -0.4 is 0 Å². The van der Waals surface area contributed by atoms with Gasteiger partial charge in [-0.3, -0.25) is 14.4 Å². The highest BCUT2D eigenvalue weighted by atomic mass is 16.6. The second-order valence-corrected chi connectivity index (χ2v) is 9.24. The first-order valence-electron chi connectivity index (χ1n) is 8.76. The molecule has 7 heteroatoms. The highest BCUT2D eigenvalue weighted by Crippen LogP contribution is 2.34. The van der Waals surface area contributed by atoms with E-state index in [2.05, 4.69) is 0 Å². The standard InChI is InChI=1S/C19H34O7/c1-16(2,3)24-13(21)19(11-10-12-20,14(22)25-17(4,5)6)15(23)26-18(7,8)9/h20H,10-12H2,1-9H3. The molecule has 0 atom stereocenters. The topological polar surface area (TPSA) is 99.1 Å². The minimum atomic E-state index is -2.30. The van der Waals surface area contributed by atoms with Gasteiger partial charge in [-0.25, -0.2) is 0 Å². The SMILES string of the molecule is CC(C)(C)OC(=O)C(CCCO)(C(=O)OC(C)(C)C)C(=O)OC(C)(C)C. The molecule has 0 heterocycles. The average molecular weight is 374 g/mol. The fourth-order valence-corrected chi connectivity index (χ4v) is 2.00. The van der Waals surface area contributed by atoms with Crippen molar-refractivity contribution in [3.8, 4) is 0 Å². The zero-order valence-corrected chi connectivity index (χ0v) is 17.5. The maximum atomic E-state index is 12.9. The molecule has 0 aliphatic rings. The molecular weight excluding hydrogens is 340 g/mol. The van der Waals surface area contributed by atoms with Crippen molar-refractivity contribution in [2.45, 2.75) is 92.0 Å². The first-order chi connectivity index (χ1) is 11.4. The van der Waals surface area contributed by atoms with Gasteiger partial charge in [-0.1, -0.05) is 0 Å². The van der Waals surface area contributed by atoms with Gasteiger partial charge in [0.25, 0.3) is 5.41 Å². The van der Waals surface area contributed by atoms with Gasteiger partial charge in [0.2, 0.25) is 0 Å². The fourth-order valence-electron chi connectivity index (χ4n) is 2.00. The van der Waals surface area contributed by atoms with Crippen LogP contribution in [0.4, 0.5) is 0 Å². The van der Waals surface area contributed by atoms with Gasteiger partial charge in [0.15, 0.2) is 0 Å². The quantitative estimate of drug-likeness (QED) is 0.433. The van der Waals surface area contributed by atoms with Crippen molar-refractivity contribution in [3.63, 3.8) is 0 Å². The van der Waals surface area contributed by atoms with Gasteiger partial charge in [0.1, 0.15) is 16.8 Å². The van der Waals surface area contributed by atoms with Crippen molar-refractivity contribution in [1.29, 1.82) is 0 Å². The summed E-state index contributed by atoms with van der Waals surface area (Å²) in [5.74, 6) is -3.12. The minimum Gasteiger partial charge on any atom is -0.459 e. The van der Waals surface area contributed by atoms with Crippen LogP contribution >= 0.6 is 0 Å². The molecule has 26 heavy (non-hydrogen) atoms. The summed E-state index contributed by atoms with van der Waals surface area (Å²) < 4.78 is 16.0. The summed E-state index contributed by atoms with van der Waals surface area (Å²) in [6.07, 6.45) is -0.250. The van der Waals surface area contributed by atoms with Crippen LogP contribution in [0.3, 0.4) is 0 Å². The van der Waals surface area contributed by atoms with Crippen molar-refractivity contribution in [1.82, 2.24) is 0 Å². The molecule has 0 fully saturated rings. The first kappa shape index (κ1) is 24.4. The van der Waals surface area contributed by atoms with E-state index in [1.807, 2.05) is 0 Å². The Morgan fingerprint density at radius 2 is 0.923 bits per heavy atom.